The van der Waals surface area contributed by atoms with Gasteiger partial charge in [-0.05, 0) is 49.5 Å². The number of allylic oxidation sites excluding steroid dienone is 1. The van der Waals surface area contributed by atoms with Crippen molar-refractivity contribution >= 4 is 44.8 Å². The van der Waals surface area contributed by atoms with E-state index in [4.69, 9.17) is 11.6 Å². The van der Waals surface area contributed by atoms with E-state index in [1.165, 1.54) is 40.5 Å². The Morgan fingerprint density at radius 2 is 2.19 bits per heavy atom. The summed E-state index contributed by atoms with van der Waals surface area (Å²) in [5.41, 5.74) is 0.975. The molecule has 1 N–H and O–H groups in total. The number of thiophene rings is 1. The maximum Gasteiger partial charge on any atom is 0.260 e. The summed E-state index contributed by atoms with van der Waals surface area (Å²) in [5, 5.41) is 10.3. The SMILES string of the molecule is N#C/C(=C\c1c(F)cccc1Cl)c1nc2sc3c(c2c(=O)[nH]1)CCCC3. The van der Waals surface area contributed by atoms with Crippen LogP contribution in [0.2, 0.25) is 5.02 Å². The summed E-state index contributed by atoms with van der Waals surface area (Å²) in [5.74, 6) is -0.414. The van der Waals surface area contributed by atoms with Crippen LogP contribution in [0.1, 0.15) is 34.7 Å². The van der Waals surface area contributed by atoms with E-state index in [-0.39, 0.29) is 27.5 Å². The fourth-order valence-corrected chi connectivity index (χ4v) is 4.72. The maximum absolute atomic E-state index is 14.0. The molecule has 0 amide bonds. The quantitative estimate of drug-likeness (QED) is 0.649. The molecule has 0 bridgehead atoms. The van der Waals surface area contributed by atoms with Crippen LogP contribution in [-0.2, 0) is 12.8 Å². The van der Waals surface area contributed by atoms with Crippen LogP contribution in [0.5, 0.6) is 0 Å². The summed E-state index contributed by atoms with van der Waals surface area (Å²) in [6.45, 7) is 0. The molecule has 0 saturated carbocycles. The van der Waals surface area contributed by atoms with Gasteiger partial charge in [-0.1, -0.05) is 17.7 Å². The number of H-pyrrole nitrogens is 1. The van der Waals surface area contributed by atoms with E-state index in [2.05, 4.69) is 9.97 Å². The fourth-order valence-electron chi connectivity index (χ4n) is 3.24. The summed E-state index contributed by atoms with van der Waals surface area (Å²) in [7, 11) is 0. The summed E-state index contributed by atoms with van der Waals surface area (Å²) in [6, 6.07) is 6.28. The summed E-state index contributed by atoms with van der Waals surface area (Å²) < 4.78 is 14.0. The number of nitriles is 1. The van der Waals surface area contributed by atoms with Crippen LogP contribution in [0.4, 0.5) is 4.39 Å². The van der Waals surface area contributed by atoms with Gasteiger partial charge in [0, 0.05) is 10.4 Å². The Kier molecular flexibility index (Phi) is 4.35. The van der Waals surface area contributed by atoms with E-state index in [1.54, 1.807) is 0 Å². The highest BCUT2D eigenvalue weighted by Gasteiger charge is 2.20. The van der Waals surface area contributed by atoms with Crippen LogP contribution in [-0.4, -0.2) is 9.97 Å². The van der Waals surface area contributed by atoms with Crippen LogP contribution in [0, 0.1) is 17.1 Å². The molecule has 7 heteroatoms. The number of aryl methyl sites for hydroxylation is 2. The highest BCUT2D eigenvalue weighted by Crippen LogP contribution is 2.34. The Morgan fingerprint density at radius 3 is 2.96 bits per heavy atom. The number of hydrogen-bond acceptors (Lipinski definition) is 4. The molecule has 1 aliphatic rings. The van der Waals surface area contributed by atoms with Crippen molar-refractivity contribution in [3.8, 4) is 6.07 Å². The molecule has 1 aliphatic carbocycles. The van der Waals surface area contributed by atoms with Gasteiger partial charge in [-0.15, -0.1) is 11.3 Å². The monoisotopic (exact) mass is 385 g/mol. The predicted octanol–water partition coefficient (Wildman–Crippen LogP) is 4.72. The van der Waals surface area contributed by atoms with E-state index < -0.39 is 5.82 Å². The number of hydrogen-bond donors (Lipinski definition) is 1. The minimum Gasteiger partial charge on any atom is -0.305 e. The van der Waals surface area contributed by atoms with Gasteiger partial charge in [0.05, 0.1) is 16.0 Å². The standard InChI is InChI=1S/C19H13ClFN3OS/c20-13-5-3-6-14(21)12(13)8-10(9-22)17-23-18(25)16-11-4-1-2-7-15(11)26-19(16)24-17/h3,5-6,8H,1-2,4,7H2,(H,23,24,25)/b10-8+. The van der Waals surface area contributed by atoms with Crippen molar-refractivity contribution in [3.05, 3.63) is 61.2 Å². The van der Waals surface area contributed by atoms with Gasteiger partial charge in [-0.2, -0.15) is 5.26 Å². The van der Waals surface area contributed by atoms with E-state index in [0.29, 0.717) is 10.2 Å². The Morgan fingerprint density at radius 1 is 1.38 bits per heavy atom. The molecular formula is C19H13ClFN3OS. The molecule has 130 valence electrons. The third-order valence-corrected chi connectivity index (χ3v) is 6.00. The van der Waals surface area contributed by atoms with Gasteiger partial charge in [0.25, 0.3) is 5.56 Å². The zero-order valence-electron chi connectivity index (χ0n) is 13.6. The first kappa shape index (κ1) is 17.0. The Hall–Kier alpha value is -2.49. The molecule has 0 atom stereocenters. The van der Waals surface area contributed by atoms with Gasteiger partial charge in [-0.3, -0.25) is 4.79 Å². The molecule has 0 aliphatic heterocycles. The average molecular weight is 386 g/mol. The van der Waals surface area contributed by atoms with Crippen molar-refractivity contribution in [1.29, 1.82) is 5.26 Å². The van der Waals surface area contributed by atoms with Crippen LogP contribution in [0.25, 0.3) is 21.9 Å². The Balaban J connectivity index is 1.89. The lowest BCUT2D eigenvalue weighted by atomic mass is 9.97. The topological polar surface area (TPSA) is 69.5 Å². The smallest absolute Gasteiger partial charge is 0.260 e. The largest absolute Gasteiger partial charge is 0.305 e. The van der Waals surface area contributed by atoms with Gasteiger partial charge >= 0.3 is 0 Å². The predicted molar refractivity (Wildman–Crippen MR) is 102 cm³/mol. The van der Waals surface area contributed by atoms with Gasteiger partial charge in [0.2, 0.25) is 0 Å². The second-order valence-corrected chi connectivity index (χ2v) is 7.60. The number of nitrogens with zero attached hydrogens (tertiary/aromatic N) is 2. The molecule has 0 saturated heterocycles. The second kappa shape index (κ2) is 6.67. The van der Waals surface area contributed by atoms with E-state index in [1.807, 2.05) is 6.07 Å². The van der Waals surface area contributed by atoms with Crippen molar-refractivity contribution < 1.29 is 4.39 Å². The molecule has 2 aromatic heterocycles. The number of halogens is 2. The first-order chi connectivity index (χ1) is 12.6. The Bertz CT molecular complexity index is 1140. The van der Waals surface area contributed by atoms with Crippen molar-refractivity contribution in [1.82, 2.24) is 9.97 Å². The summed E-state index contributed by atoms with van der Waals surface area (Å²) in [6.07, 6.45) is 5.33. The minimum atomic E-state index is -0.541. The van der Waals surface area contributed by atoms with Crippen molar-refractivity contribution in [2.45, 2.75) is 25.7 Å². The van der Waals surface area contributed by atoms with Crippen LogP contribution < -0.4 is 5.56 Å². The molecule has 0 fully saturated rings. The molecule has 4 rings (SSSR count). The van der Waals surface area contributed by atoms with Gasteiger partial charge in [0.15, 0.2) is 5.82 Å². The number of aromatic amines is 1. The molecule has 3 aromatic rings. The normalized spacial score (nSPS) is 14.3. The lowest BCUT2D eigenvalue weighted by molar-refractivity contribution is 0.625. The second-order valence-electron chi connectivity index (χ2n) is 6.11. The number of benzene rings is 1. The lowest BCUT2D eigenvalue weighted by Gasteiger charge is -2.09. The molecule has 26 heavy (non-hydrogen) atoms. The average Bonchev–Trinajstić information content (AvgIpc) is 3.00. The number of rotatable bonds is 2. The minimum absolute atomic E-state index is 0.0578. The highest BCUT2D eigenvalue weighted by atomic mass is 35.5. The van der Waals surface area contributed by atoms with Crippen molar-refractivity contribution in [2.75, 3.05) is 0 Å². The number of aromatic nitrogens is 2. The molecule has 0 spiro atoms. The third kappa shape index (κ3) is 2.83. The molecular weight excluding hydrogens is 373 g/mol. The van der Waals surface area contributed by atoms with Gasteiger partial charge in [-0.25, -0.2) is 9.37 Å². The third-order valence-electron chi connectivity index (χ3n) is 4.49. The summed E-state index contributed by atoms with van der Waals surface area (Å²) >= 11 is 7.53. The molecule has 0 unspecified atom stereocenters. The molecule has 1 aromatic carbocycles. The fraction of sp³-hybridized carbons (Fsp3) is 0.211. The van der Waals surface area contributed by atoms with Crippen molar-refractivity contribution in [2.24, 2.45) is 0 Å². The summed E-state index contributed by atoms with van der Waals surface area (Å²) in [4.78, 5) is 21.6. The first-order valence-corrected chi connectivity index (χ1v) is 9.38. The number of nitrogens with one attached hydrogen (secondary N) is 1. The molecule has 0 radical (unpaired) electrons. The van der Waals surface area contributed by atoms with Crippen LogP contribution in [0.3, 0.4) is 0 Å². The zero-order valence-corrected chi connectivity index (χ0v) is 15.2. The number of fused-ring (bicyclic) bond motifs is 3. The Labute approximate surface area is 157 Å². The first-order valence-electron chi connectivity index (χ1n) is 8.19. The lowest BCUT2D eigenvalue weighted by Crippen LogP contribution is -2.12. The maximum atomic E-state index is 14.0. The van der Waals surface area contributed by atoms with E-state index in [9.17, 15) is 14.4 Å². The van der Waals surface area contributed by atoms with Crippen LogP contribution >= 0.6 is 22.9 Å². The van der Waals surface area contributed by atoms with Gasteiger partial charge in [0.1, 0.15) is 16.7 Å². The van der Waals surface area contributed by atoms with Crippen molar-refractivity contribution in [3.63, 3.8) is 0 Å². The van der Waals surface area contributed by atoms with Crippen LogP contribution in [0.15, 0.2) is 23.0 Å². The van der Waals surface area contributed by atoms with Gasteiger partial charge < -0.3 is 4.98 Å². The molecule has 2 heterocycles. The molecule has 4 nitrogen and oxygen atoms in total. The van der Waals surface area contributed by atoms with E-state index in [0.717, 1.165) is 31.2 Å². The van der Waals surface area contributed by atoms with E-state index >= 15 is 0 Å². The highest BCUT2D eigenvalue weighted by molar-refractivity contribution is 7.18. The zero-order chi connectivity index (χ0) is 18.3.